The van der Waals surface area contributed by atoms with Crippen LogP contribution in [-0.2, 0) is 16.6 Å². The Balaban J connectivity index is 1.68. The highest BCUT2D eigenvalue weighted by Crippen LogP contribution is 2.47. The molecule has 0 bridgehead atoms. The van der Waals surface area contributed by atoms with Gasteiger partial charge >= 0.3 is 6.18 Å². The zero-order chi connectivity index (χ0) is 24.7. The summed E-state index contributed by atoms with van der Waals surface area (Å²) in [7, 11) is 0. The summed E-state index contributed by atoms with van der Waals surface area (Å²) in [6, 6.07) is 10.7. The zero-order valence-electron chi connectivity index (χ0n) is 19.2. The summed E-state index contributed by atoms with van der Waals surface area (Å²) < 4.78 is 49.9. The predicted octanol–water partition coefficient (Wildman–Crippen LogP) is 4.87. The van der Waals surface area contributed by atoms with Gasteiger partial charge in [0.05, 0.1) is 31.1 Å². The van der Waals surface area contributed by atoms with Crippen LogP contribution in [0.5, 0.6) is 5.75 Å². The van der Waals surface area contributed by atoms with E-state index in [4.69, 9.17) is 4.74 Å². The number of hydrogen-bond acceptors (Lipinski definition) is 5. The fourth-order valence-corrected chi connectivity index (χ4v) is 5.59. The van der Waals surface area contributed by atoms with E-state index in [0.29, 0.717) is 42.3 Å². The Morgan fingerprint density at radius 1 is 1.12 bits per heavy atom. The molecule has 2 aliphatic rings. The second-order valence-electron chi connectivity index (χ2n) is 9.65. The molecule has 0 saturated heterocycles. The van der Waals surface area contributed by atoms with Crippen LogP contribution in [0.25, 0.3) is 0 Å². The summed E-state index contributed by atoms with van der Waals surface area (Å²) in [4.78, 5) is 14.5. The average Bonchev–Trinajstić information content (AvgIpc) is 3.22. The van der Waals surface area contributed by atoms with Crippen molar-refractivity contribution < 1.29 is 27.8 Å². The molecule has 1 N–H and O–H groups in total. The number of anilines is 2. The first kappa shape index (κ1) is 24.9. The van der Waals surface area contributed by atoms with Crippen molar-refractivity contribution in [1.29, 1.82) is 0 Å². The van der Waals surface area contributed by atoms with Crippen LogP contribution in [0.4, 0.5) is 24.5 Å². The quantitative estimate of drug-likeness (QED) is 0.508. The van der Waals surface area contributed by atoms with Crippen molar-refractivity contribution in [2.45, 2.75) is 43.9 Å². The normalized spacial score (nSPS) is 17.6. The number of hydrogen-bond donors (Lipinski definition) is 1. The van der Waals surface area contributed by atoms with Gasteiger partial charge in [0.1, 0.15) is 12.0 Å². The molecule has 184 valence electrons. The number of para-hydroxylation sites is 2. The molecule has 0 saturated carbocycles. The third kappa shape index (κ3) is 4.64. The smallest absolute Gasteiger partial charge is 0.418 e. The largest absolute Gasteiger partial charge is 0.493 e. The second-order valence-corrected chi connectivity index (χ2v) is 10.6. The number of β-amino-alcohol motifs (C(OH)–C–C–N with tert-alkyl or cyclic N) is 1. The van der Waals surface area contributed by atoms with Gasteiger partial charge in [-0.2, -0.15) is 13.2 Å². The number of ether oxygens (including phenoxy) is 1. The van der Waals surface area contributed by atoms with E-state index in [-0.39, 0.29) is 13.1 Å². The Bertz CT molecular complexity index is 1080. The van der Waals surface area contributed by atoms with E-state index in [2.05, 4.69) is 15.9 Å². The lowest BCUT2D eigenvalue weighted by Gasteiger charge is -2.44. The molecule has 2 aliphatic heterocycles. The Morgan fingerprint density at radius 2 is 1.76 bits per heavy atom. The summed E-state index contributed by atoms with van der Waals surface area (Å²) in [5.41, 5.74) is -1.14. The minimum absolute atomic E-state index is 0.162. The number of benzene rings is 2. The van der Waals surface area contributed by atoms with Crippen molar-refractivity contribution in [2.24, 2.45) is 0 Å². The lowest BCUT2D eigenvalue weighted by atomic mass is 9.73. The number of nitrogens with zero attached hydrogens (tertiary/aromatic N) is 2. The lowest BCUT2D eigenvalue weighted by Crippen LogP contribution is -2.58. The fourth-order valence-electron chi connectivity index (χ4n) is 5.08. The van der Waals surface area contributed by atoms with Crippen LogP contribution in [0.15, 0.2) is 40.9 Å². The Kier molecular flexibility index (Phi) is 6.63. The van der Waals surface area contributed by atoms with Crippen LogP contribution in [0, 0.1) is 0 Å². The number of alkyl halides is 3. The van der Waals surface area contributed by atoms with Gasteiger partial charge in [0, 0.05) is 29.5 Å². The van der Waals surface area contributed by atoms with E-state index in [9.17, 15) is 23.1 Å². The Morgan fingerprint density at radius 3 is 2.41 bits per heavy atom. The van der Waals surface area contributed by atoms with Gasteiger partial charge in [-0.1, -0.05) is 41.9 Å². The van der Waals surface area contributed by atoms with Crippen molar-refractivity contribution in [2.75, 3.05) is 42.6 Å². The molecule has 9 heteroatoms. The van der Waals surface area contributed by atoms with Crippen molar-refractivity contribution >= 4 is 33.6 Å². The first-order chi connectivity index (χ1) is 15.9. The monoisotopic (exact) mass is 540 g/mol. The maximum atomic E-state index is 14.5. The number of halogens is 4. The van der Waals surface area contributed by atoms with E-state index < -0.39 is 30.2 Å². The molecule has 0 fully saturated rings. The molecular weight excluding hydrogens is 513 g/mol. The van der Waals surface area contributed by atoms with Crippen LogP contribution in [-0.4, -0.2) is 56.0 Å². The Hall–Kier alpha value is -2.26. The van der Waals surface area contributed by atoms with E-state index in [1.165, 1.54) is 0 Å². The maximum absolute atomic E-state index is 14.5. The van der Waals surface area contributed by atoms with Gasteiger partial charge in [-0.05, 0) is 41.7 Å². The maximum Gasteiger partial charge on any atom is 0.418 e. The molecular formula is C25H28BrF3N2O3. The van der Waals surface area contributed by atoms with E-state index in [1.807, 2.05) is 11.0 Å². The molecule has 0 radical (unpaired) electrons. The first-order valence-electron chi connectivity index (χ1n) is 11.2. The first-order valence-corrected chi connectivity index (χ1v) is 12.0. The summed E-state index contributed by atoms with van der Waals surface area (Å²) in [5, 5.41) is 11.2. The van der Waals surface area contributed by atoms with Gasteiger partial charge in [0.2, 0.25) is 0 Å². The van der Waals surface area contributed by atoms with Gasteiger partial charge in [0.25, 0.3) is 0 Å². The summed E-state index contributed by atoms with van der Waals surface area (Å²) in [6.07, 6.45) is -3.91. The molecule has 2 heterocycles. The molecule has 0 spiro atoms. The molecule has 5 nitrogen and oxygen atoms in total. The molecule has 0 aromatic heterocycles. The van der Waals surface area contributed by atoms with Crippen molar-refractivity contribution in [3.63, 3.8) is 0 Å². The van der Waals surface area contributed by atoms with Gasteiger partial charge in [0.15, 0.2) is 5.60 Å². The summed E-state index contributed by atoms with van der Waals surface area (Å²) in [5.74, 6) is 0.616. The molecule has 4 rings (SSSR count). The minimum Gasteiger partial charge on any atom is -0.493 e. The third-order valence-electron chi connectivity index (χ3n) is 6.69. The molecule has 2 aromatic carbocycles. The van der Waals surface area contributed by atoms with Crippen molar-refractivity contribution in [1.82, 2.24) is 0 Å². The van der Waals surface area contributed by atoms with E-state index in [1.54, 1.807) is 49.1 Å². The molecule has 34 heavy (non-hydrogen) atoms. The third-order valence-corrected chi connectivity index (χ3v) is 7.15. The van der Waals surface area contributed by atoms with Gasteiger partial charge in [-0.15, -0.1) is 0 Å². The molecule has 0 aliphatic carbocycles. The highest BCUT2D eigenvalue weighted by Gasteiger charge is 2.57. The number of fused-ring (bicyclic) bond motifs is 2. The molecule has 2 aromatic rings. The van der Waals surface area contributed by atoms with Gasteiger partial charge in [-0.3, -0.25) is 0 Å². The molecule has 0 amide bonds. The van der Waals surface area contributed by atoms with Crippen LogP contribution < -0.4 is 14.5 Å². The van der Waals surface area contributed by atoms with Crippen molar-refractivity contribution in [3.05, 3.63) is 52.0 Å². The standard InChI is InChI=1S/C25H28BrF3N2O3/c1-23(2,19-14-18(26)13-17-7-12-34-22(17)19)15-24(33,25(27,28)29)16-31-9-8-30(10-11-32)20-5-3-4-6-21(20)31/h3-6,11,13-14,33H,7-10,12,15-16H2,1-2H3. The number of aliphatic hydroxyl groups is 1. The second kappa shape index (κ2) is 9.07. The SMILES string of the molecule is CC(C)(CC(O)(CN1CCN(CC=O)c2ccccc21)C(F)(F)F)c1cc(Br)cc2c1OCC2. The van der Waals surface area contributed by atoms with Gasteiger partial charge < -0.3 is 24.4 Å². The van der Waals surface area contributed by atoms with Crippen molar-refractivity contribution in [3.8, 4) is 5.75 Å². The van der Waals surface area contributed by atoms with Gasteiger partial charge in [-0.25, -0.2) is 0 Å². The highest BCUT2D eigenvalue weighted by molar-refractivity contribution is 9.10. The zero-order valence-corrected chi connectivity index (χ0v) is 20.7. The molecule has 1 atom stereocenters. The fraction of sp³-hybridized carbons (Fsp3) is 0.480. The Labute approximate surface area is 205 Å². The number of aldehydes is 1. The molecule has 1 unspecified atom stereocenters. The number of carbonyl (C=O) groups excluding carboxylic acids is 1. The highest BCUT2D eigenvalue weighted by atomic mass is 79.9. The van der Waals surface area contributed by atoms with Crippen LogP contribution in [0.1, 0.15) is 31.4 Å². The number of rotatable bonds is 7. The number of carbonyl (C=O) groups is 1. The van der Waals surface area contributed by atoms with E-state index in [0.717, 1.165) is 16.3 Å². The summed E-state index contributed by atoms with van der Waals surface area (Å²) in [6.45, 7) is 4.12. The lowest BCUT2D eigenvalue weighted by molar-refractivity contribution is -0.262. The van der Waals surface area contributed by atoms with Crippen LogP contribution in [0.3, 0.4) is 0 Å². The van der Waals surface area contributed by atoms with E-state index >= 15 is 0 Å². The average molecular weight is 541 g/mol. The topological polar surface area (TPSA) is 53.0 Å². The predicted molar refractivity (Wildman–Crippen MR) is 129 cm³/mol. The minimum atomic E-state index is -4.85. The van der Waals surface area contributed by atoms with Crippen LogP contribution >= 0.6 is 15.9 Å². The summed E-state index contributed by atoms with van der Waals surface area (Å²) >= 11 is 3.47. The van der Waals surface area contributed by atoms with Crippen LogP contribution in [0.2, 0.25) is 0 Å².